The Labute approximate surface area is 116 Å². The molecule has 7 nitrogen and oxygen atoms in total. The van der Waals surface area contributed by atoms with E-state index in [1.54, 1.807) is 26.0 Å². The van der Waals surface area contributed by atoms with Gasteiger partial charge in [-0.2, -0.15) is 0 Å². The van der Waals surface area contributed by atoms with Crippen molar-refractivity contribution in [1.29, 1.82) is 0 Å². The standard InChI is InChI=1S/C13H16N4O3/c1-13(2)12(20)16-10(18)7-17(13)11(19)5-9-4-3-8(14)6-15-9/h3-4,6H,5,7,14H2,1-2H3,(H,16,18,20). The fraction of sp³-hybridized carbons (Fsp3) is 0.385. The number of carbonyl (C=O) groups excluding carboxylic acids is 3. The maximum atomic E-state index is 12.3. The van der Waals surface area contributed by atoms with Gasteiger partial charge in [0, 0.05) is 5.69 Å². The van der Waals surface area contributed by atoms with E-state index in [9.17, 15) is 14.4 Å². The monoisotopic (exact) mass is 276 g/mol. The normalized spacial score (nSPS) is 17.8. The fourth-order valence-electron chi connectivity index (χ4n) is 1.97. The van der Waals surface area contributed by atoms with Crippen molar-refractivity contribution in [3.8, 4) is 0 Å². The summed E-state index contributed by atoms with van der Waals surface area (Å²) in [5.41, 5.74) is 5.52. The zero-order chi connectivity index (χ0) is 14.9. The third kappa shape index (κ3) is 2.61. The lowest BCUT2D eigenvalue weighted by molar-refractivity contribution is -0.155. The highest BCUT2D eigenvalue weighted by molar-refractivity contribution is 6.06. The van der Waals surface area contributed by atoms with Crippen molar-refractivity contribution in [3.05, 3.63) is 24.0 Å². The van der Waals surface area contributed by atoms with Crippen LogP contribution < -0.4 is 11.1 Å². The molecule has 1 aliphatic rings. The van der Waals surface area contributed by atoms with Crippen LogP contribution in [0.3, 0.4) is 0 Å². The molecular weight excluding hydrogens is 260 g/mol. The molecule has 0 radical (unpaired) electrons. The summed E-state index contributed by atoms with van der Waals surface area (Å²) in [5, 5.41) is 2.22. The van der Waals surface area contributed by atoms with Crippen molar-refractivity contribution in [2.24, 2.45) is 0 Å². The Bertz CT molecular complexity index is 565. The Kier molecular flexibility index (Phi) is 3.44. The summed E-state index contributed by atoms with van der Waals surface area (Å²) in [5.74, 6) is -1.28. The van der Waals surface area contributed by atoms with Gasteiger partial charge in [-0.25, -0.2) is 0 Å². The Morgan fingerprint density at radius 3 is 2.75 bits per heavy atom. The first-order valence-electron chi connectivity index (χ1n) is 6.16. The zero-order valence-electron chi connectivity index (χ0n) is 11.3. The molecule has 1 aromatic rings. The molecule has 0 spiro atoms. The predicted molar refractivity (Wildman–Crippen MR) is 71.3 cm³/mol. The highest BCUT2D eigenvalue weighted by Crippen LogP contribution is 2.19. The number of carbonyl (C=O) groups is 3. The van der Waals surface area contributed by atoms with Gasteiger partial charge in [-0.1, -0.05) is 0 Å². The van der Waals surface area contributed by atoms with E-state index in [1.807, 2.05) is 0 Å². The van der Waals surface area contributed by atoms with Gasteiger partial charge in [0.15, 0.2) is 0 Å². The van der Waals surface area contributed by atoms with E-state index in [1.165, 1.54) is 11.1 Å². The molecule has 1 aliphatic heterocycles. The minimum Gasteiger partial charge on any atom is -0.397 e. The van der Waals surface area contributed by atoms with Crippen LogP contribution in [0.5, 0.6) is 0 Å². The molecule has 106 valence electrons. The number of aromatic nitrogens is 1. The molecule has 0 bridgehead atoms. The van der Waals surface area contributed by atoms with Gasteiger partial charge in [-0.3, -0.25) is 24.7 Å². The third-order valence-corrected chi connectivity index (χ3v) is 3.27. The van der Waals surface area contributed by atoms with Crippen LogP contribution in [0.4, 0.5) is 5.69 Å². The van der Waals surface area contributed by atoms with E-state index in [-0.39, 0.29) is 18.9 Å². The van der Waals surface area contributed by atoms with E-state index < -0.39 is 17.4 Å². The number of hydrogen-bond acceptors (Lipinski definition) is 5. The van der Waals surface area contributed by atoms with E-state index in [4.69, 9.17) is 5.73 Å². The van der Waals surface area contributed by atoms with Crippen LogP contribution in [-0.2, 0) is 20.8 Å². The average molecular weight is 276 g/mol. The average Bonchev–Trinajstić information content (AvgIpc) is 2.37. The molecule has 0 aliphatic carbocycles. The number of hydrogen-bond donors (Lipinski definition) is 2. The van der Waals surface area contributed by atoms with Crippen LogP contribution in [0.2, 0.25) is 0 Å². The van der Waals surface area contributed by atoms with E-state index in [0.717, 1.165) is 0 Å². The van der Waals surface area contributed by atoms with Gasteiger partial charge in [0.05, 0.1) is 18.3 Å². The molecule has 3 N–H and O–H groups in total. The fourth-order valence-corrected chi connectivity index (χ4v) is 1.97. The molecule has 1 aromatic heterocycles. The third-order valence-electron chi connectivity index (χ3n) is 3.27. The largest absolute Gasteiger partial charge is 0.397 e. The molecule has 0 unspecified atom stereocenters. The second-order valence-corrected chi connectivity index (χ2v) is 5.18. The Morgan fingerprint density at radius 1 is 1.45 bits per heavy atom. The molecule has 1 fully saturated rings. The summed E-state index contributed by atoms with van der Waals surface area (Å²) in [6.45, 7) is 3.07. The van der Waals surface area contributed by atoms with Crippen LogP contribution in [0.15, 0.2) is 18.3 Å². The van der Waals surface area contributed by atoms with E-state index in [2.05, 4.69) is 10.3 Å². The van der Waals surface area contributed by atoms with Crippen LogP contribution in [0.1, 0.15) is 19.5 Å². The molecule has 0 saturated carbocycles. The number of nitrogens with zero attached hydrogens (tertiary/aromatic N) is 2. The number of nitrogen functional groups attached to an aromatic ring is 1. The number of nitrogens with one attached hydrogen (secondary N) is 1. The zero-order valence-corrected chi connectivity index (χ0v) is 11.3. The summed E-state index contributed by atoms with van der Waals surface area (Å²) < 4.78 is 0. The van der Waals surface area contributed by atoms with Gasteiger partial charge in [0.1, 0.15) is 12.1 Å². The molecule has 0 atom stereocenters. The first-order chi connectivity index (χ1) is 9.30. The lowest BCUT2D eigenvalue weighted by Gasteiger charge is -2.40. The van der Waals surface area contributed by atoms with Crippen molar-refractivity contribution < 1.29 is 14.4 Å². The summed E-state index contributed by atoms with van der Waals surface area (Å²) in [6.07, 6.45) is 1.48. The minimum atomic E-state index is -1.06. The van der Waals surface area contributed by atoms with Crippen molar-refractivity contribution >= 4 is 23.4 Å². The highest BCUT2D eigenvalue weighted by atomic mass is 16.2. The van der Waals surface area contributed by atoms with Gasteiger partial charge < -0.3 is 10.6 Å². The summed E-state index contributed by atoms with van der Waals surface area (Å²) in [6, 6.07) is 3.29. The molecule has 1 saturated heterocycles. The van der Waals surface area contributed by atoms with Gasteiger partial charge in [-0.15, -0.1) is 0 Å². The quantitative estimate of drug-likeness (QED) is 0.706. The van der Waals surface area contributed by atoms with Gasteiger partial charge in [0.2, 0.25) is 11.8 Å². The lowest BCUT2D eigenvalue weighted by atomic mass is 9.98. The van der Waals surface area contributed by atoms with Gasteiger partial charge in [0.25, 0.3) is 5.91 Å². The summed E-state index contributed by atoms with van der Waals surface area (Å²) in [7, 11) is 0. The number of nitrogens with two attached hydrogens (primary N) is 1. The molecule has 2 rings (SSSR count). The second kappa shape index (κ2) is 4.92. The van der Waals surface area contributed by atoms with Crippen LogP contribution in [0.25, 0.3) is 0 Å². The second-order valence-electron chi connectivity index (χ2n) is 5.18. The van der Waals surface area contributed by atoms with E-state index in [0.29, 0.717) is 11.4 Å². The van der Waals surface area contributed by atoms with Crippen molar-refractivity contribution in [2.45, 2.75) is 25.8 Å². The van der Waals surface area contributed by atoms with Gasteiger partial charge >= 0.3 is 0 Å². The Balaban J connectivity index is 2.16. The number of rotatable bonds is 2. The summed E-state index contributed by atoms with van der Waals surface area (Å²) in [4.78, 5) is 40.8. The van der Waals surface area contributed by atoms with Crippen molar-refractivity contribution in [1.82, 2.24) is 15.2 Å². The van der Waals surface area contributed by atoms with E-state index >= 15 is 0 Å². The maximum absolute atomic E-state index is 12.3. The Morgan fingerprint density at radius 2 is 2.15 bits per heavy atom. The molecular formula is C13H16N4O3. The first-order valence-corrected chi connectivity index (χ1v) is 6.16. The molecule has 2 heterocycles. The van der Waals surface area contributed by atoms with Crippen molar-refractivity contribution in [3.63, 3.8) is 0 Å². The van der Waals surface area contributed by atoms with Crippen LogP contribution in [0, 0.1) is 0 Å². The Hall–Kier alpha value is -2.44. The number of anilines is 1. The number of pyridine rings is 1. The molecule has 3 amide bonds. The lowest BCUT2D eigenvalue weighted by Crippen LogP contribution is -2.65. The molecule has 0 aromatic carbocycles. The summed E-state index contributed by atoms with van der Waals surface area (Å²) >= 11 is 0. The SMILES string of the molecule is CC1(C)C(=O)NC(=O)CN1C(=O)Cc1ccc(N)cn1. The van der Waals surface area contributed by atoms with Crippen LogP contribution >= 0.6 is 0 Å². The first kappa shape index (κ1) is 14.0. The smallest absolute Gasteiger partial charge is 0.252 e. The number of piperazine rings is 1. The van der Waals surface area contributed by atoms with Crippen LogP contribution in [-0.4, -0.2) is 39.7 Å². The highest BCUT2D eigenvalue weighted by Gasteiger charge is 2.43. The molecule has 7 heteroatoms. The topological polar surface area (TPSA) is 105 Å². The molecule has 20 heavy (non-hydrogen) atoms. The number of amides is 3. The minimum absolute atomic E-state index is 0.0181. The maximum Gasteiger partial charge on any atom is 0.252 e. The van der Waals surface area contributed by atoms with Gasteiger partial charge in [-0.05, 0) is 26.0 Å². The number of imide groups is 1. The van der Waals surface area contributed by atoms with Crippen molar-refractivity contribution in [2.75, 3.05) is 12.3 Å². The predicted octanol–water partition coefficient (Wildman–Crippen LogP) is -0.530.